The summed E-state index contributed by atoms with van der Waals surface area (Å²) in [5.41, 5.74) is 0.0573. The van der Waals surface area contributed by atoms with Crippen LogP contribution >= 0.6 is 11.3 Å². The molecule has 0 fully saturated rings. The molecule has 1 N–H and O–H groups in total. The lowest BCUT2D eigenvalue weighted by molar-refractivity contribution is 0.339. The van der Waals surface area contributed by atoms with E-state index in [0.29, 0.717) is 18.3 Å². The van der Waals surface area contributed by atoms with Gasteiger partial charge in [0.2, 0.25) is 0 Å². The van der Waals surface area contributed by atoms with E-state index in [-0.39, 0.29) is 5.54 Å². The predicted molar refractivity (Wildman–Crippen MR) is 84.2 cm³/mol. The second-order valence-corrected chi connectivity index (χ2v) is 6.60. The molecule has 1 aromatic heterocycles. The Labute approximate surface area is 129 Å². The Hall–Kier alpha value is -1.66. The highest BCUT2D eigenvalue weighted by atomic mass is 32.1. The molecule has 0 aliphatic carbocycles. The van der Waals surface area contributed by atoms with Gasteiger partial charge in [-0.3, -0.25) is 0 Å². The average molecular weight is 307 g/mol. The Balaban J connectivity index is 1.92. The van der Waals surface area contributed by atoms with Crippen LogP contribution in [0.5, 0.6) is 16.7 Å². The fourth-order valence-electron chi connectivity index (χ4n) is 1.56. The number of hydrogen-bond donors (Lipinski definition) is 1. The first-order valence-corrected chi connectivity index (χ1v) is 7.76. The van der Waals surface area contributed by atoms with Crippen molar-refractivity contribution in [3.63, 3.8) is 0 Å². The first-order valence-electron chi connectivity index (χ1n) is 6.94. The van der Waals surface area contributed by atoms with Crippen LogP contribution in [-0.2, 0) is 6.54 Å². The summed E-state index contributed by atoms with van der Waals surface area (Å²) in [6.07, 6.45) is 0. The molecule has 5 nitrogen and oxygen atoms in total. The highest BCUT2D eigenvalue weighted by molar-refractivity contribution is 7.13. The zero-order valence-electron chi connectivity index (χ0n) is 12.8. The molecule has 0 saturated carbocycles. The minimum atomic E-state index is 0.0573. The average Bonchev–Trinajstić information content (AvgIpc) is 2.86. The molecule has 2 aromatic rings. The van der Waals surface area contributed by atoms with Crippen LogP contribution in [0.2, 0.25) is 0 Å². The Bertz CT molecular complexity index is 561. The monoisotopic (exact) mass is 307 g/mol. The number of hydrogen-bond acceptors (Lipinski definition) is 6. The zero-order valence-corrected chi connectivity index (χ0v) is 13.7. The molecule has 1 aromatic carbocycles. The second-order valence-electron chi connectivity index (χ2n) is 5.57. The van der Waals surface area contributed by atoms with Crippen LogP contribution in [0.3, 0.4) is 0 Å². The van der Waals surface area contributed by atoms with Crippen LogP contribution in [0, 0.1) is 0 Å². The molecule has 0 saturated heterocycles. The van der Waals surface area contributed by atoms with Crippen LogP contribution in [-0.4, -0.2) is 22.3 Å². The maximum Gasteiger partial charge on any atom is 0.299 e. The second kappa shape index (κ2) is 6.87. The van der Waals surface area contributed by atoms with Crippen LogP contribution in [0.25, 0.3) is 0 Å². The fraction of sp³-hybridized carbons (Fsp3) is 0.467. The van der Waals surface area contributed by atoms with E-state index in [9.17, 15) is 0 Å². The molecule has 0 unspecified atom stereocenters. The molecular formula is C15H21N3O2S. The van der Waals surface area contributed by atoms with Crippen LogP contribution in [0.1, 0.15) is 32.7 Å². The molecule has 0 atom stereocenters. The Morgan fingerprint density at radius 1 is 1.10 bits per heavy atom. The first kappa shape index (κ1) is 15.7. The zero-order chi connectivity index (χ0) is 15.3. The SMILES string of the molecule is CCOc1ccc(Oc2nnc(CNC(C)(C)C)s2)cc1. The van der Waals surface area contributed by atoms with E-state index in [2.05, 4.69) is 36.3 Å². The van der Waals surface area contributed by atoms with E-state index in [0.717, 1.165) is 16.5 Å². The molecular weight excluding hydrogens is 286 g/mol. The van der Waals surface area contributed by atoms with Gasteiger partial charge < -0.3 is 14.8 Å². The minimum absolute atomic E-state index is 0.0573. The van der Waals surface area contributed by atoms with Gasteiger partial charge in [0, 0.05) is 5.54 Å². The van der Waals surface area contributed by atoms with Gasteiger partial charge in [-0.2, -0.15) is 0 Å². The topological polar surface area (TPSA) is 56.3 Å². The summed E-state index contributed by atoms with van der Waals surface area (Å²) in [6.45, 7) is 9.65. The van der Waals surface area contributed by atoms with Crippen LogP contribution in [0.4, 0.5) is 0 Å². The summed E-state index contributed by atoms with van der Waals surface area (Å²) >= 11 is 1.44. The smallest absolute Gasteiger partial charge is 0.299 e. The van der Waals surface area contributed by atoms with E-state index >= 15 is 0 Å². The van der Waals surface area contributed by atoms with E-state index in [4.69, 9.17) is 9.47 Å². The van der Waals surface area contributed by atoms with Gasteiger partial charge in [-0.05, 0) is 52.0 Å². The third-order valence-electron chi connectivity index (χ3n) is 2.56. The lowest BCUT2D eigenvalue weighted by Gasteiger charge is -2.19. The van der Waals surface area contributed by atoms with Crippen molar-refractivity contribution < 1.29 is 9.47 Å². The molecule has 0 aliphatic heterocycles. The molecule has 6 heteroatoms. The quantitative estimate of drug-likeness (QED) is 0.883. The van der Waals surface area contributed by atoms with Gasteiger partial charge in [-0.1, -0.05) is 16.4 Å². The molecule has 1 heterocycles. The molecule has 0 aliphatic rings. The van der Waals surface area contributed by atoms with Gasteiger partial charge in [-0.25, -0.2) is 0 Å². The standard InChI is InChI=1S/C15H21N3O2S/c1-5-19-11-6-8-12(9-7-11)20-14-18-17-13(21-14)10-16-15(2,3)4/h6-9,16H,5,10H2,1-4H3. The summed E-state index contributed by atoms with van der Waals surface area (Å²) in [4.78, 5) is 0. The Morgan fingerprint density at radius 2 is 1.76 bits per heavy atom. The van der Waals surface area contributed by atoms with Gasteiger partial charge in [0.25, 0.3) is 5.19 Å². The normalized spacial score (nSPS) is 11.4. The highest BCUT2D eigenvalue weighted by Crippen LogP contribution is 2.26. The van der Waals surface area contributed by atoms with Crippen molar-refractivity contribution in [3.8, 4) is 16.7 Å². The molecule has 0 spiro atoms. The number of nitrogens with zero attached hydrogens (tertiary/aromatic N) is 2. The third-order valence-corrected chi connectivity index (χ3v) is 3.36. The van der Waals surface area contributed by atoms with Crippen molar-refractivity contribution in [3.05, 3.63) is 29.3 Å². The Morgan fingerprint density at radius 3 is 2.38 bits per heavy atom. The summed E-state index contributed by atoms with van der Waals surface area (Å²) < 4.78 is 11.1. The molecule has 0 bridgehead atoms. The molecule has 114 valence electrons. The van der Waals surface area contributed by atoms with Gasteiger partial charge >= 0.3 is 0 Å². The number of aromatic nitrogens is 2. The van der Waals surface area contributed by atoms with Crippen molar-refractivity contribution in [1.82, 2.24) is 15.5 Å². The fourth-order valence-corrected chi connectivity index (χ4v) is 2.21. The van der Waals surface area contributed by atoms with Gasteiger partial charge in [0.1, 0.15) is 16.5 Å². The lowest BCUT2D eigenvalue weighted by Crippen LogP contribution is -2.35. The largest absolute Gasteiger partial charge is 0.494 e. The number of benzene rings is 1. The van der Waals surface area contributed by atoms with Crippen LogP contribution in [0.15, 0.2) is 24.3 Å². The predicted octanol–water partition coefficient (Wildman–Crippen LogP) is 3.62. The summed E-state index contributed by atoms with van der Waals surface area (Å²) in [5.74, 6) is 1.56. The van der Waals surface area contributed by atoms with E-state index in [1.165, 1.54) is 11.3 Å². The molecule has 0 radical (unpaired) electrons. The van der Waals surface area contributed by atoms with Crippen molar-refractivity contribution in [2.45, 2.75) is 39.8 Å². The lowest BCUT2D eigenvalue weighted by atomic mass is 10.1. The van der Waals surface area contributed by atoms with Gasteiger partial charge in [0.05, 0.1) is 13.2 Å². The number of ether oxygens (including phenoxy) is 2. The van der Waals surface area contributed by atoms with Gasteiger partial charge in [0.15, 0.2) is 0 Å². The number of rotatable bonds is 6. The maximum atomic E-state index is 5.69. The maximum absolute atomic E-state index is 5.69. The van der Waals surface area contributed by atoms with E-state index < -0.39 is 0 Å². The number of nitrogens with one attached hydrogen (secondary N) is 1. The van der Waals surface area contributed by atoms with Crippen LogP contribution < -0.4 is 14.8 Å². The van der Waals surface area contributed by atoms with Crippen molar-refractivity contribution in [2.24, 2.45) is 0 Å². The summed E-state index contributed by atoms with van der Waals surface area (Å²) in [6, 6.07) is 7.48. The summed E-state index contributed by atoms with van der Waals surface area (Å²) in [7, 11) is 0. The first-order chi connectivity index (χ1) is 9.96. The minimum Gasteiger partial charge on any atom is -0.494 e. The summed E-state index contributed by atoms with van der Waals surface area (Å²) in [5, 5.41) is 13.0. The van der Waals surface area contributed by atoms with E-state index in [1.807, 2.05) is 31.2 Å². The van der Waals surface area contributed by atoms with Gasteiger partial charge in [-0.15, -0.1) is 5.10 Å². The van der Waals surface area contributed by atoms with Crippen molar-refractivity contribution in [2.75, 3.05) is 6.61 Å². The molecule has 0 amide bonds. The molecule has 2 rings (SSSR count). The molecule has 21 heavy (non-hydrogen) atoms. The Kier molecular flexibility index (Phi) is 5.14. The highest BCUT2D eigenvalue weighted by Gasteiger charge is 2.12. The van der Waals surface area contributed by atoms with Crippen molar-refractivity contribution in [1.29, 1.82) is 0 Å². The van der Waals surface area contributed by atoms with Crippen molar-refractivity contribution >= 4 is 11.3 Å². The van der Waals surface area contributed by atoms with E-state index in [1.54, 1.807) is 0 Å². The third kappa shape index (κ3) is 5.32.